The molecule has 1 unspecified atom stereocenters. The van der Waals surface area contributed by atoms with Crippen molar-refractivity contribution in [2.24, 2.45) is 0 Å². The number of hydrogen-bond acceptors (Lipinski definition) is 5. The summed E-state index contributed by atoms with van der Waals surface area (Å²) < 4.78 is 15.9. The van der Waals surface area contributed by atoms with Gasteiger partial charge < -0.3 is 24.8 Å². The van der Waals surface area contributed by atoms with Crippen LogP contribution in [0.15, 0.2) is 18.2 Å². The minimum Gasteiger partial charge on any atom is -0.497 e. The van der Waals surface area contributed by atoms with Crippen molar-refractivity contribution in [3.8, 4) is 11.5 Å². The standard InChI is InChI=1S/C15H22N2O4.ClH/c1-19-12-3-4-13(20-2)11(9-12)5-6-17-15(18)14-10-16-7-8-21-14;/h3-4,9,14,16H,5-8,10H2,1-2H3,(H,17,18);1H. The minimum atomic E-state index is -0.397. The first kappa shape index (κ1) is 18.5. The topological polar surface area (TPSA) is 68.8 Å². The number of methoxy groups -OCH3 is 2. The Morgan fingerprint density at radius 2 is 2.23 bits per heavy atom. The highest BCUT2D eigenvalue weighted by Crippen LogP contribution is 2.24. The van der Waals surface area contributed by atoms with E-state index in [1.165, 1.54) is 0 Å². The van der Waals surface area contributed by atoms with Gasteiger partial charge in [-0.25, -0.2) is 0 Å². The van der Waals surface area contributed by atoms with Crippen LogP contribution in [0.5, 0.6) is 11.5 Å². The molecule has 1 aliphatic heterocycles. The lowest BCUT2D eigenvalue weighted by atomic mass is 10.1. The van der Waals surface area contributed by atoms with Crippen LogP contribution in [0.3, 0.4) is 0 Å². The molecule has 0 spiro atoms. The van der Waals surface area contributed by atoms with Gasteiger partial charge in [0.25, 0.3) is 0 Å². The number of ether oxygens (including phenoxy) is 3. The SMILES string of the molecule is COc1ccc(OC)c(CCNC(=O)C2CNCCO2)c1.Cl. The molecule has 7 heteroatoms. The number of benzene rings is 1. The molecule has 1 fully saturated rings. The summed E-state index contributed by atoms with van der Waals surface area (Å²) in [6.07, 6.45) is 0.276. The van der Waals surface area contributed by atoms with E-state index in [1.54, 1.807) is 14.2 Å². The average molecular weight is 331 g/mol. The van der Waals surface area contributed by atoms with Gasteiger partial charge in [-0.2, -0.15) is 0 Å². The Morgan fingerprint density at radius 1 is 1.41 bits per heavy atom. The molecule has 2 rings (SSSR count). The molecule has 1 amide bonds. The number of halogens is 1. The third-order valence-corrected chi connectivity index (χ3v) is 3.40. The summed E-state index contributed by atoms with van der Waals surface area (Å²) in [6.45, 7) is 2.46. The van der Waals surface area contributed by atoms with Crippen LogP contribution in [-0.2, 0) is 16.0 Å². The summed E-state index contributed by atoms with van der Waals surface area (Å²) in [6, 6.07) is 5.64. The monoisotopic (exact) mass is 330 g/mol. The molecular formula is C15H23ClN2O4. The lowest BCUT2D eigenvalue weighted by Crippen LogP contribution is -2.48. The van der Waals surface area contributed by atoms with Crippen molar-refractivity contribution in [2.45, 2.75) is 12.5 Å². The van der Waals surface area contributed by atoms with Gasteiger partial charge in [-0.1, -0.05) is 0 Å². The fourth-order valence-corrected chi connectivity index (χ4v) is 2.25. The smallest absolute Gasteiger partial charge is 0.250 e. The summed E-state index contributed by atoms with van der Waals surface area (Å²) in [4.78, 5) is 11.9. The molecule has 0 aromatic heterocycles. The highest BCUT2D eigenvalue weighted by atomic mass is 35.5. The number of rotatable bonds is 6. The van der Waals surface area contributed by atoms with Gasteiger partial charge >= 0.3 is 0 Å². The second-order valence-corrected chi connectivity index (χ2v) is 4.78. The Labute approximate surface area is 136 Å². The molecule has 1 saturated heterocycles. The molecule has 1 atom stereocenters. The number of morpholine rings is 1. The van der Waals surface area contributed by atoms with Crippen molar-refractivity contribution in [1.82, 2.24) is 10.6 Å². The summed E-state index contributed by atoms with van der Waals surface area (Å²) in [5, 5.41) is 6.02. The van der Waals surface area contributed by atoms with E-state index in [2.05, 4.69) is 10.6 Å². The second kappa shape index (κ2) is 9.50. The van der Waals surface area contributed by atoms with Crippen molar-refractivity contribution in [3.63, 3.8) is 0 Å². The molecule has 1 heterocycles. The number of hydrogen-bond donors (Lipinski definition) is 2. The maximum atomic E-state index is 11.9. The van der Waals surface area contributed by atoms with E-state index in [4.69, 9.17) is 14.2 Å². The van der Waals surface area contributed by atoms with Crippen molar-refractivity contribution in [1.29, 1.82) is 0 Å². The molecular weight excluding hydrogens is 308 g/mol. The molecule has 124 valence electrons. The highest BCUT2D eigenvalue weighted by molar-refractivity contribution is 5.85. The van der Waals surface area contributed by atoms with Gasteiger partial charge in [0.2, 0.25) is 5.91 Å². The van der Waals surface area contributed by atoms with Gasteiger partial charge in [-0.15, -0.1) is 12.4 Å². The van der Waals surface area contributed by atoms with Gasteiger partial charge in [-0.05, 0) is 30.2 Å². The lowest BCUT2D eigenvalue weighted by molar-refractivity contribution is -0.134. The third kappa shape index (κ3) is 5.05. The largest absolute Gasteiger partial charge is 0.497 e. The summed E-state index contributed by atoms with van der Waals surface area (Å²) in [5.41, 5.74) is 1.000. The van der Waals surface area contributed by atoms with Crippen molar-refractivity contribution < 1.29 is 19.0 Å². The molecule has 1 aliphatic rings. The first-order chi connectivity index (χ1) is 10.2. The zero-order valence-electron chi connectivity index (χ0n) is 12.9. The van der Waals surface area contributed by atoms with Crippen LogP contribution in [0.2, 0.25) is 0 Å². The molecule has 1 aromatic rings. The average Bonchev–Trinajstić information content (AvgIpc) is 2.55. The normalized spacial score (nSPS) is 17.3. The van der Waals surface area contributed by atoms with E-state index >= 15 is 0 Å². The number of amides is 1. The predicted octanol–water partition coefficient (Wildman–Crippen LogP) is 0.773. The van der Waals surface area contributed by atoms with E-state index in [0.29, 0.717) is 26.1 Å². The van der Waals surface area contributed by atoms with Crippen LogP contribution in [0.25, 0.3) is 0 Å². The first-order valence-electron chi connectivity index (χ1n) is 7.05. The van der Waals surface area contributed by atoms with Crippen molar-refractivity contribution >= 4 is 18.3 Å². The molecule has 0 saturated carbocycles. The molecule has 0 aliphatic carbocycles. The molecule has 2 N–H and O–H groups in total. The number of carbonyl (C=O) groups excluding carboxylic acids is 1. The van der Waals surface area contributed by atoms with E-state index in [9.17, 15) is 4.79 Å². The van der Waals surface area contributed by atoms with Crippen LogP contribution < -0.4 is 20.1 Å². The third-order valence-electron chi connectivity index (χ3n) is 3.40. The van der Waals surface area contributed by atoms with Crippen molar-refractivity contribution in [2.75, 3.05) is 40.5 Å². The minimum absolute atomic E-state index is 0. The van der Waals surface area contributed by atoms with Gasteiger partial charge in [0.1, 0.15) is 17.6 Å². The van der Waals surface area contributed by atoms with Crippen LogP contribution in [0.1, 0.15) is 5.56 Å². The molecule has 6 nitrogen and oxygen atoms in total. The van der Waals surface area contributed by atoms with Gasteiger partial charge in [0.05, 0.1) is 20.8 Å². The Bertz CT molecular complexity index is 479. The molecule has 22 heavy (non-hydrogen) atoms. The molecule has 0 radical (unpaired) electrons. The lowest BCUT2D eigenvalue weighted by Gasteiger charge is -2.22. The Balaban J connectivity index is 0.00000242. The quantitative estimate of drug-likeness (QED) is 0.806. The van der Waals surface area contributed by atoms with Crippen LogP contribution >= 0.6 is 12.4 Å². The fraction of sp³-hybridized carbons (Fsp3) is 0.533. The first-order valence-corrected chi connectivity index (χ1v) is 7.05. The van der Waals surface area contributed by atoms with Crippen LogP contribution in [-0.4, -0.2) is 52.5 Å². The Hall–Kier alpha value is -1.50. The fourth-order valence-electron chi connectivity index (χ4n) is 2.25. The maximum Gasteiger partial charge on any atom is 0.250 e. The van der Waals surface area contributed by atoms with Crippen LogP contribution in [0.4, 0.5) is 0 Å². The van der Waals surface area contributed by atoms with Gasteiger partial charge in [-0.3, -0.25) is 4.79 Å². The molecule has 0 bridgehead atoms. The maximum absolute atomic E-state index is 11.9. The van der Waals surface area contributed by atoms with Gasteiger partial charge in [0, 0.05) is 19.6 Å². The highest BCUT2D eigenvalue weighted by Gasteiger charge is 2.21. The summed E-state index contributed by atoms with van der Waals surface area (Å²) in [7, 11) is 3.26. The van der Waals surface area contributed by atoms with Crippen molar-refractivity contribution in [3.05, 3.63) is 23.8 Å². The van der Waals surface area contributed by atoms with E-state index < -0.39 is 6.10 Å². The van der Waals surface area contributed by atoms with E-state index in [0.717, 1.165) is 23.6 Å². The number of carbonyl (C=O) groups is 1. The van der Waals surface area contributed by atoms with E-state index in [1.807, 2.05) is 18.2 Å². The van der Waals surface area contributed by atoms with E-state index in [-0.39, 0.29) is 18.3 Å². The number of nitrogens with one attached hydrogen (secondary N) is 2. The Kier molecular flexibility index (Phi) is 8.01. The molecule has 1 aromatic carbocycles. The van der Waals surface area contributed by atoms with Gasteiger partial charge in [0.15, 0.2) is 0 Å². The zero-order valence-corrected chi connectivity index (χ0v) is 13.7. The predicted molar refractivity (Wildman–Crippen MR) is 86.1 cm³/mol. The Morgan fingerprint density at radius 3 is 2.86 bits per heavy atom. The zero-order chi connectivity index (χ0) is 15.1. The summed E-state index contributed by atoms with van der Waals surface area (Å²) >= 11 is 0. The van der Waals surface area contributed by atoms with Crippen LogP contribution in [0, 0.1) is 0 Å². The summed E-state index contributed by atoms with van der Waals surface area (Å²) in [5.74, 6) is 1.49. The second-order valence-electron chi connectivity index (χ2n) is 4.78.